The van der Waals surface area contributed by atoms with Gasteiger partial charge in [0.15, 0.2) is 0 Å². The molecule has 0 radical (unpaired) electrons. The summed E-state index contributed by atoms with van der Waals surface area (Å²) in [5.74, 6) is 0.683. The van der Waals surface area contributed by atoms with Crippen molar-refractivity contribution in [2.75, 3.05) is 5.73 Å². The number of aromatic nitrogens is 2. The first-order chi connectivity index (χ1) is 5.88. The molecule has 5 heteroatoms. The van der Waals surface area contributed by atoms with Gasteiger partial charge in [0.25, 0.3) is 0 Å². The zero-order valence-electron chi connectivity index (χ0n) is 7.84. The van der Waals surface area contributed by atoms with E-state index in [-0.39, 0.29) is 11.5 Å². The summed E-state index contributed by atoms with van der Waals surface area (Å²) in [4.78, 5) is 7.76. The van der Waals surface area contributed by atoms with Crippen molar-refractivity contribution in [1.29, 1.82) is 0 Å². The van der Waals surface area contributed by atoms with Gasteiger partial charge in [-0.3, -0.25) is 0 Å². The molecule has 2 N–H and O–H groups in total. The first-order valence-electron chi connectivity index (χ1n) is 3.85. The summed E-state index contributed by atoms with van der Waals surface area (Å²) in [5.41, 5.74) is 5.13. The molecule has 72 valence electrons. The molecule has 0 fully saturated rings. The maximum atomic E-state index is 5.54. The van der Waals surface area contributed by atoms with Crippen molar-refractivity contribution in [2.24, 2.45) is 0 Å². The van der Waals surface area contributed by atoms with Crippen molar-refractivity contribution in [3.63, 3.8) is 0 Å². The Morgan fingerprint density at radius 1 is 1.46 bits per heavy atom. The Morgan fingerprint density at radius 2 is 2.08 bits per heavy atom. The van der Waals surface area contributed by atoms with Crippen LogP contribution in [0.5, 0.6) is 5.88 Å². The predicted molar refractivity (Wildman–Crippen MR) is 54.5 cm³/mol. The van der Waals surface area contributed by atoms with Gasteiger partial charge < -0.3 is 10.5 Å². The van der Waals surface area contributed by atoms with E-state index in [2.05, 4.69) is 25.9 Å². The molecule has 13 heavy (non-hydrogen) atoms. The average molecular weight is 246 g/mol. The van der Waals surface area contributed by atoms with Gasteiger partial charge in [-0.05, 0) is 36.7 Å². The van der Waals surface area contributed by atoms with Crippen LogP contribution in [0.25, 0.3) is 0 Å². The van der Waals surface area contributed by atoms with Crippen LogP contribution in [0, 0.1) is 0 Å². The molecular weight excluding hydrogens is 234 g/mol. The van der Waals surface area contributed by atoms with Crippen molar-refractivity contribution in [2.45, 2.75) is 26.4 Å². The van der Waals surface area contributed by atoms with Gasteiger partial charge in [0.1, 0.15) is 5.60 Å². The Hall–Kier alpha value is -0.840. The second-order valence-corrected chi connectivity index (χ2v) is 4.45. The molecule has 1 aromatic heterocycles. The lowest BCUT2D eigenvalue weighted by molar-refractivity contribution is 0.123. The number of ether oxygens (including phenoxy) is 1. The monoisotopic (exact) mass is 245 g/mol. The van der Waals surface area contributed by atoms with Crippen LogP contribution >= 0.6 is 15.9 Å². The number of nitrogens with zero attached hydrogens (tertiary/aromatic N) is 2. The van der Waals surface area contributed by atoms with Crippen LogP contribution in [0.4, 0.5) is 5.95 Å². The fourth-order valence-electron chi connectivity index (χ4n) is 0.726. The molecule has 1 rings (SSSR count). The Bertz CT molecular complexity index is 309. The zero-order chi connectivity index (χ0) is 10.1. The Balaban J connectivity index is 2.94. The topological polar surface area (TPSA) is 61.0 Å². The minimum Gasteiger partial charge on any atom is -0.471 e. The van der Waals surface area contributed by atoms with E-state index < -0.39 is 0 Å². The van der Waals surface area contributed by atoms with E-state index >= 15 is 0 Å². The van der Waals surface area contributed by atoms with E-state index in [0.29, 0.717) is 10.4 Å². The third kappa shape index (κ3) is 3.18. The fraction of sp³-hybridized carbons (Fsp3) is 0.500. The van der Waals surface area contributed by atoms with Gasteiger partial charge in [-0.25, -0.2) is 4.98 Å². The molecular formula is C8H12BrN3O. The highest BCUT2D eigenvalue weighted by Crippen LogP contribution is 2.25. The van der Waals surface area contributed by atoms with Crippen molar-refractivity contribution in [1.82, 2.24) is 9.97 Å². The summed E-state index contributed by atoms with van der Waals surface area (Å²) in [6.07, 6.45) is 1.57. The van der Waals surface area contributed by atoms with Gasteiger partial charge in [-0.1, -0.05) is 0 Å². The van der Waals surface area contributed by atoms with Crippen LogP contribution in [0.2, 0.25) is 0 Å². The largest absolute Gasteiger partial charge is 0.471 e. The number of hydrogen-bond donors (Lipinski definition) is 1. The molecule has 0 saturated carbocycles. The first kappa shape index (κ1) is 10.2. The summed E-state index contributed by atoms with van der Waals surface area (Å²) in [6.45, 7) is 5.83. The minimum absolute atomic E-state index is 0.211. The van der Waals surface area contributed by atoms with Gasteiger partial charge in [-0.2, -0.15) is 4.98 Å². The molecule has 0 atom stereocenters. The quantitative estimate of drug-likeness (QED) is 0.823. The molecule has 0 spiro atoms. The van der Waals surface area contributed by atoms with Crippen LogP contribution in [0.3, 0.4) is 0 Å². The summed E-state index contributed by atoms with van der Waals surface area (Å²) in [6, 6.07) is 0. The average Bonchev–Trinajstić information content (AvgIpc) is 1.94. The molecule has 0 aromatic carbocycles. The van der Waals surface area contributed by atoms with Crippen molar-refractivity contribution in [3.05, 3.63) is 10.7 Å². The van der Waals surface area contributed by atoms with E-state index in [1.807, 2.05) is 20.8 Å². The molecule has 1 aromatic rings. The van der Waals surface area contributed by atoms with Crippen LogP contribution in [-0.2, 0) is 0 Å². The maximum Gasteiger partial charge on any atom is 0.233 e. The predicted octanol–water partition coefficient (Wildman–Crippen LogP) is 2.00. The van der Waals surface area contributed by atoms with Gasteiger partial charge in [0, 0.05) is 0 Å². The van der Waals surface area contributed by atoms with Crippen molar-refractivity contribution < 1.29 is 4.74 Å². The van der Waals surface area contributed by atoms with Crippen LogP contribution in [0.1, 0.15) is 20.8 Å². The molecule has 4 nitrogen and oxygen atoms in total. The van der Waals surface area contributed by atoms with E-state index in [1.54, 1.807) is 6.20 Å². The van der Waals surface area contributed by atoms with Crippen LogP contribution in [-0.4, -0.2) is 15.6 Å². The van der Waals surface area contributed by atoms with Crippen molar-refractivity contribution >= 4 is 21.9 Å². The summed E-state index contributed by atoms with van der Waals surface area (Å²) in [5, 5.41) is 0. The van der Waals surface area contributed by atoms with Crippen LogP contribution < -0.4 is 10.5 Å². The molecule has 0 saturated heterocycles. The molecule has 0 aliphatic heterocycles. The third-order valence-corrected chi connectivity index (χ3v) is 1.68. The number of hydrogen-bond acceptors (Lipinski definition) is 4. The highest BCUT2D eigenvalue weighted by molar-refractivity contribution is 9.10. The highest BCUT2D eigenvalue weighted by atomic mass is 79.9. The fourth-order valence-corrected chi connectivity index (χ4v) is 0.998. The summed E-state index contributed by atoms with van der Waals surface area (Å²) in [7, 11) is 0. The minimum atomic E-state index is -0.288. The lowest BCUT2D eigenvalue weighted by atomic mass is 10.2. The summed E-state index contributed by atoms with van der Waals surface area (Å²) < 4.78 is 6.24. The standard InChI is InChI=1S/C8H12BrN3O/c1-8(2,3)13-6-5(9)4-11-7(10)12-6/h4H,1-3H3,(H2,10,11,12). The Kier molecular flexibility index (Phi) is 2.75. The van der Waals surface area contributed by atoms with Gasteiger partial charge >= 0.3 is 0 Å². The SMILES string of the molecule is CC(C)(C)Oc1nc(N)ncc1Br. The number of rotatable bonds is 1. The molecule has 0 aliphatic carbocycles. The number of nitrogen functional groups attached to an aromatic ring is 1. The van der Waals surface area contributed by atoms with Gasteiger partial charge in [0.05, 0.1) is 10.7 Å². The molecule has 1 heterocycles. The maximum absolute atomic E-state index is 5.54. The number of anilines is 1. The Morgan fingerprint density at radius 3 is 2.62 bits per heavy atom. The zero-order valence-corrected chi connectivity index (χ0v) is 9.42. The van der Waals surface area contributed by atoms with Crippen molar-refractivity contribution in [3.8, 4) is 5.88 Å². The van der Waals surface area contributed by atoms with Gasteiger partial charge in [-0.15, -0.1) is 0 Å². The molecule has 0 unspecified atom stereocenters. The lowest BCUT2D eigenvalue weighted by Gasteiger charge is -2.20. The molecule has 0 aliphatic rings. The van der Waals surface area contributed by atoms with Gasteiger partial charge in [0.2, 0.25) is 11.8 Å². The normalized spacial score (nSPS) is 11.4. The number of nitrogens with two attached hydrogens (primary N) is 1. The van der Waals surface area contributed by atoms with E-state index in [4.69, 9.17) is 10.5 Å². The van der Waals surface area contributed by atoms with E-state index in [9.17, 15) is 0 Å². The summed E-state index contributed by atoms with van der Waals surface area (Å²) >= 11 is 3.28. The number of halogens is 1. The molecule has 0 bridgehead atoms. The first-order valence-corrected chi connectivity index (χ1v) is 4.65. The smallest absolute Gasteiger partial charge is 0.233 e. The lowest BCUT2D eigenvalue weighted by Crippen LogP contribution is -2.24. The Labute approximate surface area is 85.7 Å². The molecule has 0 amide bonds. The second kappa shape index (κ2) is 3.49. The van der Waals surface area contributed by atoms with E-state index in [0.717, 1.165) is 0 Å². The second-order valence-electron chi connectivity index (χ2n) is 3.60. The highest BCUT2D eigenvalue weighted by Gasteiger charge is 2.15. The third-order valence-electron chi connectivity index (χ3n) is 1.13. The van der Waals surface area contributed by atoms with Crippen LogP contribution in [0.15, 0.2) is 10.7 Å². The van der Waals surface area contributed by atoms with E-state index in [1.165, 1.54) is 0 Å².